The summed E-state index contributed by atoms with van der Waals surface area (Å²) in [6.07, 6.45) is 0. The molecule has 1 heterocycles. The van der Waals surface area contributed by atoms with Crippen LogP contribution in [-0.4, -0.2) is 43.0 Å². The third-order valence-electron chi connectivity index (χ3n) is 4.82. The minimum absolute atomic E-state index is 0.00946. The highest BCUT2D eigenvalue weighted by molar-refractivity contribution is 9.10. The second-order valence-corrected chi connectivity index (χ2v) is 7.50. The largest absolute Gasteiger partial charge is 0.369 e. The molecule has 1 fully saturated rings. The van der Waals surface area contributed by atoms with Crippen molar-refractivity contribution >= 4 is 33.2 Å². The van der Waals surface area contributed by atoms with Crippen molar-refractivity contribution in [2.75, 3.05) is 36.4 Å². The monoisotopic (exact) mass is 419 g/mol. The van der Waals surface area contributed by atoms with Gasteiger partial charge >= 0.3 is 0 Å². The van der Waals surface area contributed by atoms with Gasteiger partial charge in [0, 0.05) is 36.3 Å². The van der Waals surface area contributed by atoms with E-state index in [0.29, 0.717) is 0 Å². The number of benzene rings is 2. The summed E-state index contributed by atoms with van der Waals surface area (Å²) >= 11 is 3.50. The van der Waals surface area contributed by atoms with Gasteiger partial charge in [-0.25, -0.2) is 4.39 Å². The highest BCUT2D eigenvalue weighted by Gasteiger charge is 2.26. The second-order valence-electron chi connectivity index (χ2n) is 6.65. The molecule has 0 radical (unpaired) electrons. The molecular formula is C20H23BrFN3O. The SMILES string of the molecule is Cc1ccc(NC(=O)[C@@H](C)N2CCN(c3ccc(F)cc3)CC2)c(Br)c1. The van der Waals surface area contributed by atoms with Crippen molar-refractivity contribution in [3.8, 4) is 0 Å². The van der Waals surface area contributed by atoms with Crippen LogP contribution in [-0.2, 0) is 4.79 Å². The minimum atomic E-state index is -0.222. The molecule has 1 saturated heterocycles. The number of carbonyl (C=O) groups excluding carboxylic acids is 1. The molecule has 1 aliphatic rings. The number of nitrogens with zero attached hydrogens (tertiary/aromatic N) is 2. The summed E-state index contributed by atoms with van der Waals surface area (Å²) in [4.78, 5) is 17.0. The van der Waals surface area contributed by atoms with Crippen molar-refractivity contribution in [1.82, 2.24) is 4.90 Å². The van der Waals surface area contributed by atoms with Gasteiger partial charge in [0.25, 0.3) is 0 Å². The molecule has 0 aromatic heterocycles. The van der Waals surface area contributed by atoms with Gasteiger partial charge in [0.05, 0.1) is 11.7 Å². The Bertz CT molecular complexity index is 773. The van der Waals surface area contributed by atoms with E-state index in [1.165, 1.54) is 12.1 Å². The fraction of sp³-hybridized carbons (Fsp3) is 0.350. The number of nitrogens with one attached hydrogen (secondary N) is 1. The normalized spacial score (nSPS) is 16.4. The van der Waals surface area contributed by atoms with Crippen LogP contribution in [0.4, 0.5) is 15.8 Å². The van der Waals surface area contributed by atoms with Gasteiger partial charge < -0.3 is 10.2 Å². The van der Waals surface area contributed by atoms with E-state index in [0.717, 1.165) is 47.6 Å². The van der Waals surface area contributed by atoms with Crippen molar-refractivity contribution in [3.05, 3.63) is 58.3 Å². The molecule has 0 bridgehead atoms. The van der Waals surface area contributed by atoms with Crippen LogP contribution in [0, 0.1) is 12.7 Å². The zero-order valence-electron chi connectivity index (χ0n) is 15.0. The van der Waals surface area contributed by atoms with Gasteiger partial charge in [-0.05, 0) is 71.7 Å². The smallest absolute Gasteiger partial charge is 0.241 e. The number of hydrogen-bond acceptors (Lipinski definition) is 3. The van der Waals surface area contributed by atoms with E-state index in [9.17, 15) is 9.18 Å². The molecule has 0 spiro atoms. The summed E-state index contributed by atoms with van der Waals surface area (Å²) in [5, 5.41) is 3.00. The Hall–Kier alpha value is -1.92. The molecule has 138 valence electrons. The average Bonchev–Trinajstić information content (AvgIpc) is 2.64. The van der Waals surface area contributed by atoms with Gasteiger partial charge in [-0.1, -0.05) is 6.07 Å². The molecule has 1 amide bonds. The van der Waals surface area contributed by atoms with Crippen LogP contribution >= 0.6 is 15.9 Å². The van der Waals surface area contributed by atoms with Gasteiger partial charge in [-0.15, -0.1) is 0 Å². The fourth-order valence-corrected chi connectivity index (χ4v) is 3.74. The first kappa shape index (κ1) is 18.9. The first-order valence-corrected chi connectivity index (χ1v) is 9.55. The molecule has 3 rings (SSSR count). The van der Waals surface area contributed by atoms with Crippen molar-refractivity contribution in [2.24, 2.45) is 0 Å². The lowest BCUT2D eigenvalue weighted by molar-refractivity contribution is -0.120. The topological polar surface area (TPSA) is 35.6 Å². The molecule has 1 N–H and O–H groups in total. The number of piperazine rings is 1. The van der Waals surface area contributed by atoms with E-state index in [4.69, 9.17) is 0 Å². The third kappa shape index (κ3) is 4.43. The van der Waals surface area contributed by atoms with E-state index in [2.05, 4.69) is 31.0 Å². The highest BCUT2D eigenvalue weighted by Crippen LogP contribution is 2.24. The van der Waals surface area contributed by atoms with E-state index in [1.807, 2.05) is 32.0 Å². The summed E-state index contributed by atoms with van der Waals surface area (Å²) in [6.45, 7) is 7.17. The molecular weight excluding hydrogens is 397 g/mol. The zero-order valence-corrected chi connectivity index (χ0v) is 16.6. The first-order valence-electron chi connectivity index (χ1n) is 8.75. The summed E-state index contributed by atoms with van der Waals surface area (Å²) in [5.74, 6) is -0.232. The number of carbonyl (C=O) groups is 1. The molecule has 0 unspecified atom stereocenters. The van der Waals surface area contributed by atoms with Gasteiger partial charge in [-0.2, -0.15) is 0 Å². The summed E-state index contributed by atoms with van der Waals surface area (Å²) in [7, 11) is 0. The minimum Gasteiger partial charge on any atom is -0.369 e. The van der Waals surface area contributed by atoms with E-state index >= 15 is 0 Å². The number of halogens is 2. The molecule has 0 saturated carbocycles. The molecule has 2 aromatic carbocycles. The Morgan fingerprint density at radius 2 is 1.77 bits per heavy atom. The third-order valence-corrected chi connectivity index (χ3v) is 5.47. The molecule has 26 heavy (non-hydrogen) atoms. The Morgan fingerprint density at radius 1 is 1.12 bits per heavy atom. The van der Waals surface area contributed by atoms with Crippen molar-refractivity contribution in [3.63, 3.8) is 0 Å². The standard InChI is InChI=1S/C20H23BrFN3O/c1-14-3-8-19(18(21)13-14)23-20(26)15(2)24-9-11-25(12-10-24)17-6-4-16(22)5-7-17/h3-8,13,15H,9-12H2,1-2H3,(H,23,26)/t15-/m1/s1. The lowest BCUT2D eigenvalue weighted by Crippen LogP contribution is -2.52. The van der Waals surface area contributed by atoms with Crippen molar-refractivity contribution < 1.29 is 9.18 Å². The predicted octanol–water partition coefficient (Wildman–Crippen LogP) is 4.05. The average molecular weight is 420 g/mol. The van der Waals surface area contributed by atoms with E-state index in [1.54, 1.807) is 12.1 Å². The predicted molar refractivity (Wildman–Crippen MR) is 107 cm³/mol. The van der Waals surface area contributed by atoms with Gasteiger partial charge in [0.1, 0.15) is 5.82 Å². The summed E-state index contributed by atoms with van der Waals surface area (Å²) in [6, 6.07) is 12.2. The van der Waals surface area contributed by atoms with Gasteiger partial charge in [0.15, 0.2) is 0 Å². The molecule has 2 aromatic rings. The second kappa shape index (κ2) is 8.18. The number of rotatable bonds is 4. The maximum absolute atomic E-state index is 13.1. The van der Waals surface area contributed by atoms with Crippen molar-refractivity contribution in [1.29, 1.82) is 0 Å². The Balaban J connectivity index is 1.56. The van der Waals surface area contributed by atoms with Gasteiger partial charge in [0.2, 0.25) is 5.91 Å². The van der Waals surface area contributed by atoms with Crippen LogP contribution < -0.4 is 10.2 Å². The van der Waals surface area contributed by atoms with Gasteiger partial charge in [-0.3, -0.25) is 9.69 Å². The Labute approximate surface area is 162 Å². The fourth-order valence-electron chi connectivity index (χ4n) is 3.14. The first-order chi connectivity index (χ1) is 12.4. The Kier molecular flexibility index (Phi) is 5.94. The van der Waals surface area contributed by atoms with Crippen LogP contribution in [0.2, 0.25) is 0 Å². The number of aryl methyl sites for hydroxylation is 1. The number of amides is 1. The quantitative estimate of drug-likeness (QED) is 0.811. The molecule has 1 atom stereocenters. The molecule has 1 aliphatic heterocycles. The zero-order chi connectivity index (χ0) is 18.7. The van der Waals surface area contributed by atoms with Crippen LogP contribution in [0.5, 0.6) is 0 Å². The maximum atomic E-state index is 13.1. The number of anilines is 2. The molecule has 0 aliphatic carbocycles. The Morgan fingerprint density at radius 3 is 2.38 bits per heavy atom. The lowest BCUT2D eigenvalue weighted by Gasteiger charge is -2.38. The lowest BCUT2D eigenvalue weighted by atomic mass is 10.2. The molecule has 6 heteroatoms. The maximum Gasteiger partial charge on any atom is 0.241 e. The summed E-state index contributed by atoms with van der Waals surface area (Å²) in [5.41, 5.74) is 2.95. The summed E-state index contributed by atoms with van der Waals surface area (Å²) < 4.78 is 14.0. The van der Waals surface area contributed by atoms with Crippen LogP contribution in [0.3, 0.4) is 0 Å². The number of hydrogen-bond donors (Lipinski definition) is 1. The molecule has 4 nitrogen and oxygen atoms in total. The van der Waals surface area contributed by atoms with Crippen LogP contribution in [0.15, 0.2) is 46.9 Å². The van der Waals surface area contributed by atoms with E-state index in [-0.39, 0.29) is 17.8 Å². The highest BCUT2D eigenvalue weighted by atomic mass is 79.9. The van der Waals surface area contributed by atoms with Crippen LogP contribution in [0.1, 0.15) is 12.5 Å². The van der Waals surface area contributed by atoms with Crippen LogP contribution in [0.25, 0.3) is 0 Å². The van der Waals surface area contributed by atoms with E-state index < -0.39 is 0 Å². The van der Waals surface area contributed by atoms with Crippen molar-refractivity contribution in [2.45, 2.75) is 19.9 Å².